The number of hydrogen-bond donors (Lipinski definition) is 0. The van der Waals surface area contributed by atoms with Gasteiger partial charge in [0.1, 0.15) is 0 Å². The smallest absolute Gasteiger partial charge is 0.314 e. The summed E-state index contributed by atoms with van der Waals surface area (Å²) >= 11 is 0. The molecule has 3 aliphatic rings. The van der Waals surface area contributed by atoms with Gasteiger partial charge in [0.25, 0.3) is 5.91 Å². The number of carbonyl (C=O) groups is 3. The van der Waals surface area contributed by atoms with Gasteiger partial charge in [0, 0.05) is 25.0 Å². The molecule has 3 heterocycles. The summed E-state index contributed by atoms with van der Waals surface area (Å²) in [6, 6.07) is 8.27. The van der Waals surface area contributed by atoms with Crippen molar-refractivity contribution in [3.63, 3.8) is 0 Å². The van der Waals surface area contributed by atoms with Gasteiger partial charge in [-0.15, -0.1) is 0 Å². The molecule has 1 aromatic carbocycles. The molecule has 3 amide bonds. The van der Waals surface area contributed by atoms with E-state index in [2.05, 4.69) is 17.0 Å². The third kappa shape index (κ3) is 2.89. The molecule has 0 radical (unpaired) electrons. The zero-order valence-corrected chi connectivity index (χ0v) is 18.0. The van der Waals surface area contributed by atoms with Crippen molar-refractivity contribution >= 4 is 23.7 Å². The Morgan fingerprint density at radius 3 is 2.43 bits per heavy atom. The normalized spacial score (nSPS) is 24.4. The Kier molecular flexibility index (Phi) is 4.88. The quantitative estimate of drug-likeness (QED) is 0.744. The highest BCUT2D eigenvalue weighted by Gasteiger charge is 2.56. The van der Waals surface area contributed by atoms with Crippen molar-refractivity contribution in [3.8, 4) is 0 Å². The largest absolute Gasteiger partial charge is 0.328 e. The summed E-state index contributed by atoms with van der Waals surface area (Å²) in [4.78, 5) is 49.5. The summed E-state index contributed by atoms with van der Waals surface area (Å²) in [7, 11) is 1.64. The van der Waals surface area contributed by atoms with Crippen LogP contribution < -0.4 is 0 Å². The molecule has 30 heavy (non-hydrogen) atoms. The molecular weight excluding hydrogens is 382 g/mol. The Balaban J connectivity index is 1.64. The second-order valence-corrected chi connectivity index (χ2v) is 8.10. The van der Waals surface area contributed by atoms with Crippen LogP contribution in [-0.4, -0.2) is 75.1 Å². The summed E-state index contributed by atoms with van der Waals surface area (Å²) in [5, 5.41) is 0. The molecule has 158 valence electrons. The van der Waals surface area contributed by atoms with Gasteiger partial charge in [0.05, 0.1) is 6.04 Å². The molecule has 3 aliphatic heterocycles. The molecular formula is C22H27N5O3. The lowest BCUT2D eigenvalue weighted by Gasteiger charge is -2.42. The van der Waals surface area contributed by atoms with Crippen molar-refractivity contribution in [2.75, 3.05) is 13.6 Å². The van der Waals surface area contributed by atoms with Gasteiger partial charge in [0.15, 0.2) is 18.0 Å². The van der Waals surface area contributed by atoms with Crippen LogP contribution in [0.4, 0.5) is 4.79 Å². The highest BCUT2D eigenvalue weighted by atomic mass is 16.2. The number of likely N-dealkylation sites (N-methyl/N-ethyl adjacent to an activating group) is 1. The number of rotatable bonds is 5. The van der Waals surface area contributed by atoms with Crippen LogP contribution >= 0.6 is 0 Å². The van der Waals surface area contributed by atoms with Crippen LogP contribution in [0.1, 0.15) is 33.3 Å². The Labute approximate surface area is 176 Å². The summed E-state index contributed by atoms with van der Waals surface area (Å²) in [6.07, 6.45) is 0.238. The van der Waals surface area contributed by atoms with Gasteiger partial charge in [-0.25, -0.2) is 9.79 Å². The fourth-order valence-electron chi connectivity index (χ4n) is 4.33. The third-order valence-electron chi connectivity index (χ3n) is 6.39. The van der Waals surface area contributed by atoms with E-state index < -0.39 is 24.3 Å². The first kappa shape index (κ1) is 20.1. The fraction of sp³-hybridized carbons (Fsp3) is 0.455. The molecule has 0 saturated carbocycles. The number of allylic oxidation sites excluding steroid dienone is 2. The maximum atomic E-state index is 13.4. The highest BCUT2D eigenvalue weighted by Crippen LogP contribution is 2.38. The lowest BCUT2D eigenvalue weighted by molar-refractivity contribution is -0.142. The molecule has 1 aromatic rings. The first-order valence-corrected chi connectivity index (χ1v) is 10.2. The Morgan fingerprint density at radius 2 is 1.80 bits per heavy atom. The maximum absolute atomic E-state index is 13.4. The number of nitrogens with zero attached hydrogens (tertiary/aromatic N) is 5. The van der Waals surface area contributed by atoms with Crippen LogP contribution in [-0.2, 0) is 16.0 Å². The number of Topliss-reactive ketones (excluding diaryl/α,β-unsaturated/α-hetero) is 1. The number of guanidine groups is 1. The number of urea groups is 1. The number of benzene rings is 1. The number of amides is 3. The van der Waals surface area contributed by atoms with E-state index >= 15 is 0 Å². The average molecular weight is 409 g/mol. The molecule has 0 aromatic heterocycles. The Hall–Kier alpha value is -3.16. The van der Waals surface area contributed by atoms with E-state index in [1.807, 2.05) is 36.9 Å². The first-order valence-electron chi connectivity index (χ1n) is 10.2. The van der Waals surface area contributed by atoms with Gasteiger partial charge in [0.2, 0.25) is 5.96 Å². The topological polar surface area (TPSA) is 76.5 Å². The van der Waals surface area contributed by atoms with E-state index in [9.17, 15) is 14.4 Å². The number of fused-ring (bicyclic) bond motifs is 3. The first-order chi connectivity index (χ1) is 14.2. The number of carbonyl (C=O) groups excluding carboxylic acids is 3. The van der Waals surface area contributed by atoms with E-state index in [0.29, 0.717) is 5.96 Å². The van der Waals surface area contributed by atoms with Crippen LogP contribution in [0.2, 0.25) is 0 Å². The predicted octanol–water partition coefficient (Wildman–Crippen LogP) is 2.03. The molecule has 0 N–H and O–H groups in total. The number of aliphatic imine (C=N–C) groups is 1. The summed E-state index contributed by atoms with van der Waals surface area (Å²) in [6.45, 7) is 7.70. The molecule has 0 spiro atoms. The monoisotopic (exact) mass is 409 g/mol. The SMILES string of the molecule is CC(=O)C(C)N1C(=O)C2C(N=C3N(CCc4ccccc4)C(C)=C(C)N32)N(C)C1=O. The van der Waals surface area contributed by atoms with Gasteiger partial charge < -0.3 is 9.80 Å². The summed E-state index contributed by atoms with van der Waals surface area (Å²) in [5.74, 6) is 0.0971. The van der Waals surface area contributed by atoms with Crippen molar-refractivity contribution in [2.24, 2.45) is 4.99 Å². The second-order valence-electron chi connectivity index (χ2n) is 8.10. The zero-order valence-electron chi connectivity index (χ0n) is 18.0. The minimum Gasteiger partial charge on any atom is -0.314 e. The van der Waals surface area contributed by atoms with E-state index in [0.717, 1.165) is 29.3 Å². The lowest BCUT2D eigenvalue weighted by Crippen LogP contribution is -2.67. The average Bonchev–Trinajstić information content (AvgIpc) is 3.22. The third-order valence-corrected chi connectivity index (χ3v) is 6.39. The van der Waals surface area contributed by atoms with Gasteiger partial charge in [-0.2, -0.15) is 0 Å². The molecule has 3 atom stereocenters. The van der Waals surface area contributed by atoms with Gasteiger partial charge in [-0.3, -0.25) is 19.4 Å². The van der Waals surface area contributed by atoms with Crippen LogP contribution in [0.15, 0.2) is 46.7 Å². The molecule has 8 nitrogen and oxygen atoms in total. The van der Waals surface area contributed by atoms with Crippen molar-refractivity contribution in [3.05, 3.63) is 47.3 Å². The summed E-state index contributed by atoms with van der Waals surface area (Å²) < 4.78 is 0. The molecule has 0 bridgehead atoms. The van der Waals surface area contributed by atoms with E-state index in [1.165, 1.54) is 17.4 Å². The van der Waals surface area contributed by atoms with E-state index in [4.69, 9.17) is 4.99 Å². The van der Waals surface area contributed by atoms with Gasteiger partial charge >= 0.3 is 6.03 Å². The van der Waals surface area contributed by atoms with Crippen LogP contribution in [0, 0.1) is 0 Å². The molecule has 0 aliphatic carbocycles. The molecule has 4 rings (SSSR count). The van der Waals surface area contributed by atoms with Crippen LogP contribution in [0.5, 0.6) is 0 Å². The van der Waals surface area contributed by atoms with Crippen molar-refractivity contribution in [1.29, 1.82) is 0 Å². The molecule has 3 unspecified atom stereocenters. The molecule has 1 saturated heterocycles. The standard InChI is InChI=1S/C22H27N5O3/c1-13-14(2)26-18-19(24(5)22(30)27(20(18)29)15(3)16(4)28)23-21(26)25(13)12-11-17-9-7-6-8-10-17/h6-10,15,18-19H,11-12H2,1-5H3. The maximum Gasteiger partial charge on any atom is 0.328 e. The number of hydrogen-bond acceptors (Lipinski definition) is 6. The van der Waals surface area contributed by atoms with Crippen molar-refractivity contribution < 1.29 is 14.4 Å². The van der Waals surface area contributed by atoms with Crippen molar-refractivity contribution in [1.82, 2.24) is 19.6 Å². The highest BCUT2D eigenvalue weighted by molar-refractivity contribution is 6.07. The van der Waals surface area contributed by atoms with Crippen LogP contribution in [0.3, 0.4) is 0 Å². The Morgan fingerprint density at radius 1 is 1.13 bits per heavy atom. The van der Waals surface area contributed by atoms with Crippen molar-refractivity contribution in [2.45, 2.75) is 52.4 Å². The van der Waals surface area contributed by atoms with E-state index in [-0.39, 0.29) is 11.7 Å². The van der Waals surface area contributed by atoms with Crippen LogP contribution in [0.25, 0.3) is 0 Å². The molecule has 8 heteroatoms. The minimum atomic E-state index is -0.806. The van der Waals surface area contributed by atoms with Gasteiger partial charge in [-0.1, -0.05) is 30.3 Å². The lowest BCUT2D eigenvalue weighted by atomic mass is 10.1. The van der Waals surface area contributed by atoms with Gasteiger partial charge in [-0.05, 0) is 39.7 Å². The predicted molar refractivity (Wildman–Crippen MR) is 112 cm³/mol. The second kappa shape index (κ2) is 7.27. The minimum absolute atomic E-state index is 0.225. The Bertz CT molecular complexity index is 970. The molecule has 1 fully saturated rings. The number of ketones is 1. The zero-order chi connectivity index (χ0) is 21.7. The summed E-state index contributed by atoms with van der Waals surface area (Å²) in [5.41, 5.74) is 3.21. The fourth-order valence-corrected chi connectivity index (χ4v) is 4.33. The van der Waals surface area contributed by atoms with E-state index in [1.54, 1.807) is 14.0 Å². The number of imide groups is 1.